The highest BCUT2D eigenvalue weighted by Crippen LogP contribution is 2.24. The van der Waals surface area contributed by atoms with Crippen LogP contribution in [0.15, 0.2) is 27.6 Å². The first-order valence-electron chi connectivity index (χ1n) is 5.77. The minimum Gasteiger partial charge on any atom is -0.342 e. The lowest BCUT2D eigenvalue weighted by Crippen LogP contribution is -2.28. The highest BCUT2D eigenvalue weighted by atomic mass is 79.9. The van der Waals surface area contributed by atoms with Gasteiger partial charge in [-0.3, -0.25) is 4.79 Å². The van der Waals surface area contributed by atoms with E-state index in [4.69, 9.17) is 10.7 Å². The van der Waals surface area contributed by atoms with Crippen molar-refractivity contribution < 1.29 is 13.2 Å². The van der Waals surface area contributed by atoms with Crippen LogP contribution in [0.25, 0.3) is 0 Å². The van der Waals surface area contributed by atoms with Crippen molar-refractivity contribution in [1.82, 2.24) is 4.90 Å². The molecule has 4 nitrogen and oxygen atoms in total. The fraction of sp³-hybridized carbons (Fsp3) is 0.417. The third-order valence-electron chi connectivity index (χ3n) is 2.64. The molecule has 0 saturated carbocycles. The van der Waals surface area contributed by atoms with Crippen molar-refractivity contribution in [2.24, 2.45) is 0 Å². The summed E-state index contributed by atoms with van der Waals surface area (Å²) in [5.41, 5.74) is 0.292. The van der Waals surface area contributed by atoms with E-state index < -0.39 is 9.05 Å². The molecule has 0 bridgehead atoms. The SMILES string of the molecule is CCCCN(C)C(=O)c1cc(S(=O)(=O)Cl)ccc1Br. The second-order valence-corrected chi connectivity index (χ2v) is 7.58. The van der Waals surface area contributed by atoms with Crippen molar-refractivity contribution in [3.63, 3.8) is 0 Å². The summed E-state index contributed by atoms with van der Waals surface area (Å²) in [6, 6.07) is 4.16. The molecule has 1 amide bonds. The Balaban J connectivity index is 3.09. The molecular weight excluding hydrogens is 354 g/mol. The van der Waals surface area contributed by atoms with Gasteiger partial charge in [-0.05, 0) is 40.5 Å². The number of carbonyl (C=O) groups excluding carboxylic acids is 1. The summed E-state index contributed by atoms with van der Waals surface area (Å²) in [5.74, 6) is -0.234. The lowest BCUT2D eigenvalue weighted by molar-refractivity contribution is 0.0792. The van der Waals surface area contributed by atoms with Gasteiger partial charge in [0.25, 0.3) is 15.0 Å². The minimum absolute atomic E-state index is 0.0791. The molecule has 0 radical (unpaired) electrons. The van der Waals surface area contributed by atoms with Crippen molar-refractivity contribution in [3.05, 3.63) is 28.2 Å². The summed E-state index contributed by atoms with van der Waals surface area (Å²) < 4.78 is 23.1. The van der Waals surface area contributed by atoms with Gasteiger partial charge in [-0.15, -0.1) is 0 Å². The number of benzene rings is 1. The molecule has 106 valence electrons. The van der Waals surface area contributed by atoms with Gasteiger partial charge >= 0.3 is 0 Å². The number of hydrogen-bond acceptors (Lipinski definition) is 3. The van der Waals surface area contributed by atoms with E-state index in [0.717, 1.165) is 12.8 Å². The maximum Gasteiger partial charge on any atom is 0.261 e. The zero-order valence-electron chi connectivity index (χ0n) is 10.7. The van der Waals surface area contributed by atoms with Gasteiger partial charge in [0, 0.05) is 28.7 Å². The third-order valence-corrected chi connectivity index (χ3v) is 4.69. The van der Waals surface area contributed by atoms with Crippen molar-refractivity contribution in [2.75, 3.05) is 13.6 Å². The summed E-state index contributed by atoms with van der Waals surface area (Å²) in [5, 5.41) is 0. The molecule has 0 N–H and O–H groups in total. The van der Waals surface area contributed by atoms with Crippen LogP contribution in [-0.2, 0) is 9.05 Å². The number of hydrogen-bond donors (Lipinski definition) is 0. The van der Waals surface area contributed by atoms with Crippen LogP contribution in [0.4, 0.5) is 0 Å². The lowest BCUT2D eigenvalue weighted by atomic mass is 10.2. The Morgan fingerprint density at radius 3 is 2.58 bits per heavy atom. The van der Waals surface area contributed by atoms with Crippen LogP contribution in [0, 0.1) is 0 Å². The Kier molecular flexibility index (Phi) is 5.82. The summed E-state index contributed by atoms with van der Waals surface area (Å²) in [6.07, 6.45) is 1.88. The van der Waals surface area contributed by atoms with Gasteiger partial charge in [0.2, 0.25) is 0 Å². The van der Waals surface area contributed by atoms with Crippen LogP contribution in [0.2, 0.25) is 0 Å². The Bertz CT molecular complexity index is 574. The molecule has 0 aliphatic carbocycles. The zero-order chi connectivity index (χ0) is 14.6. The highest BCUT2D eigenvalue weighted by Gasteiger charge is 2.18. The molecule has 0 heterocycles. The maximum atomic E-state index is 12.2. The topological polar surface area (TPSA) is 54.5 Å². The lowest BCUT2D eigenvalue weighted by Gasteiger charge is -2.17. The van der Waals surface area contributed by atoms with E-state index in [-0.39, 0.29) is 10.8 Å². The van der Waals surface area contributed by atoms with E-state index in [1.165, 1.54) is 18.2 Å². The van der Waals surface area contributed by atoms with Gasteiger partial charge in [-0.25, -0.2) is 8.42 Å². The molecule has 1 aromatic carbocycles. The number of rotatable bonds is 5. The number of halogens is 2. The van der Waals surface area contributed by atoms with Gasteiger partial charge in [0.15, 0.2) is 0 Å². The fourth-order valence-electron chi connectivity index (χ4n) is 1.52. The first-order valence-corrected chi connectivity index (χ1v) is 8.87. The smallest absolute Gasteiger partial charge is 0.261 e. The van der Waals surface area contributed by atoms with Crippen LogP contribution >= 0.6 is 26.6 Å². The summed E-state index contributed by atoms with van der Waals surface area (Å²) in [4.78, 5) is 13.7. The number of carbonyl (C=O) groups is 1. The van der Waals surface area contributed by atoms with E-state index in [1.54, 1.807) is 11.9 Å². The summed E-state index contributed by atoms with van der Waals surface area (Å²) >= 11 is 3.25. The predicted molar refractivity (Wildman–Crippen MR) is 79.0 cm³/mol. The zero-order valence-corrected chi connectivity index (χ0v) is 13.8. The van der Waals surface area contributed by atoms with E-state index in [9.17, 15) is 13.2 Å². The van der Waals surface area contributed by atoms with E-state index in [0.29, 0.717) is 16.6 Å². The first kappa shape index (κ1) is 16.5. The number of nitrogens with zero attached hydrogens (tertiary/aromatic N) is 1. The van der Waals surface area contributed by atoms with Crippen molar-refractivity contribution >= 4 is 41.6 Å². The van der Waals surface area contributed by atoms with Crippen LogP contribution < -0.4 is 0 Å². The molecule has 0 aromatic heterocycles. The Morgan fingerprint density at radius 1 is 1.42 bits per heavy atom. The normalized spacial score (nSPS) is 11.4. The largest absolute Gasteiger partial charge is 0.342 e. The minimum atomic E-state index is -3.84. The molecule has 0 fully saturated rings. The molecule has 0 saturated heterocycles. The van der Waals surface area contributed by atoms with Crippen LogP contribution in [0.5, 0.6) is 0 Å². The summed E-state index contributed by atoms with van der Waals surface area (Å²) in [6.45, 7) is 2.66. The molecule has 0 unspecified atom stereocenters. The van der Waals surface area contributed by atoms with Crippen LogP contribution in [0.3, 0.4) is 0 Å². The quantitative estimate of drug-likeness (QED) is 0.750. The second-order valence-electron chi connectivity index (χ2n) is 4.16. The monoisotopic (exact) mass is 367 g/mol. The highest BCUT2D eigenvalue weighted by molar-refractivity contribution is 9.10. The van der Waals surface area contributed by atoms with E-state index >= 15 is 0 Å². The van der Waals surface area contributed by atoms with Gasteiger partial charge in [0.1, 0.15) is 0 Å². The first-order chi connectivity index (χ1) is 8.77. The van der Waals surface area contributed by atoms with E-state index in [1.807, 2.05) is 6.92 Å². The van der Waals surface area contributed by atoms with E-state index in [2.05, 4.69) is 15.9 Å². The Hall–Kier alpha value is -0.590. The Labute approximate surface area is 126 Å². The average Bonchev–Trinajstić information content (AvgIpc) is 2.34. The van der Waals surface area contributed by atoms with Crippen molar-refractivity contribution in [2.45, 2.75) is 24.7 Å². The molecular formula is C12H15BrClNO3S. The molecule has 1 aromatic rings. The van der Waals surface area contributed by atoms with Crippen LogP contribution in [-0.4, -0.2) is 32.8 Å². The molecule has 0 atom stereocenters. The molecule has 1 rings (SSSR count). The van der Waals surface area contributed by atoms with Crippen LogP contribution in [0.1, 0.15) is 30.1 Å². The predicted octanol–water partition coefficient (Wildman–Crippen LogP) is 3.25. The number of amides is 1. The van der Waals surface area contributed by atoms with Crippen molar-refractivity contribution in [1.29, 1.82) is 0 Å². The maximum absolute atomic E-state index is 12.2. The van der Waals surface area contributed by atoms with Gasteiger partial charge in [-0.2, -0.15) is 0 Å². The fourth-order valence-corrected chi connectivity index (χ4v) is 2.72. The Morgan fingerprint density at radius 2 is 2.05 bits per heavy atom. The van der Waals surface area contributed by atoms with Gasteiger partial charge < -0.3 is 4.90 Å². The summed E-state index contributed by atoms with van der Waals surface area (Å²) in [7, 11) is 3.13. The average molecular weight is 369 g/mol. The molecule has 0 aliphatic heterocycles. The van der Waals surface area contributed by atoms with Gasteiger partial charge in [-0.1, -0.05) is 13.3 Å². The third kappa shape index (κ3) is 4.47. The molecule has 0 aliphatic rings. The standard InChI is InChI=1S/C12H15BrClNO3S/c1-3-4-7-15(2)12(16)10-8-9(19(14,17)18)5-6-11(10)13/h5-6,8H,3-4,7H2,1-2H3. The molecule has 7 heteroatoms. The second kappa shape index (κ2) is 6.72. The number of unbranched alkanes of at least 4 members (excludes halogenated alkanes) is 1. The van der Waals surface area contributed by atoms with Gasteiger partial charge in [0.05, 0.1) is 10.5 Å². The van der Waals surface area contributed by atoms with Crippen molar-refractivity contribution in [3.8, 4) is 0 Å². The molecule has 0 spiro atoms. The molecule has 19 heavy (non-hydrogen) atoms.